The lowest BCUT2D eigenvalue weighted by Crippen LogP contribution is -2.13. The molecule has 0 aliphatic heterocycles. The highest BCUT2D eigenvalue weighted by molar-refractivity contribution is 7.89. The van der Waals surface area contributed by atoms with Crippen LogP contribution >= 0.6 is 0 Å². The Morgan fingerprint density at radius 1 is 0.895 bits per heavy atom. The maximum Gasteiger partial charge on any atom is 0.416 e. The molecule has 0 atom stereocenters. The van der Waals surface area contributed by atoms with Crippen LogP contribution in [0.3, 0.4) is 0 Å². The highest BCUT2D eigenvalue weighted by Gasteiger charge is 2.37. The van der Waals surface area contributed by atoms with Crippen LogP contribution in [0.1, 0.15) is 16.7 Å². The molecule has 1 aromatic carbocycles. The van der Waals surface area contributed by atoms with Crippen LogP contribution in [0.25, 0.3) is 0 Å². The molecule has 0 aromatic heterocycles. The molecule has 0 saturated carbocycles. The monoisotopic (exact) mass is 306 g/mol. The second-order valence-corrected chi connectivity index (χ2v) is 6.12. The van der Waals surface area contributed by atoms with Gasteiger partial charge in [0, 0.05) is 6.26 Å². The second-order valence-electron chi connectivity index (χ2n) is 3.98. The van der Waals surface area contributed by atoms with Crippen LogP contribution in [0.2, 0.25) is 0 Å². The van der Waals surface area contributed by atoms with E-state index in [1.54, 1.807) is 0 Å². The number of sulfone groups is 1. The van der Waals surface area contributed by atoms with Crippen LogP contribution < -0.4 is 0 Å². The largest absolute Gasteiger partial charge is 0.416 e. The summed E-state index contributed by atoms with van der Waals surface area (Å²) >= 11 is 0. The van der Waals surface area contributed by atoms with E-state index in [4.69, 9.17) is 0 Å². The highest BCUT2D eigenvalue weighted by atomic mass is 32.2. The van der Waals surface area contributed by atoms with Crippen LogP contribution in [0, 0.1) is 0 Å². The summed E-state index contributed by atoms with van der Waals surface area (Å²) in [4.78, 5) is 0. The molecule has 0 amide bonds. The molecule has 2 nitrogen and oxygen atoms in total. The molecular weight excluding hydrogens is 298 g/mol. The van der Waals surface area contributed by atoms with Gasteiger partial charge in [0.2, 0.25) is 0 Å². The molecule has 108 valence electrons. The molecule has 0 spiro atoms. The van der Waals surface area contributed by atoms with Gasteiger partial charge in [0.1, 0.15) is 0 Å². The van der Waals surface area contributed by atoms with E-state index in [0.717, 1.165) is 6.26 Å². The van der Waals surface area contributed by atoms with Gasteiger partial charge >= 0.3 is 12.4 Å². The number of halogens is 6. The van der Waals surface area contributed by atoms with Crippen LogP contribution in [-0.2, 0) is 27.9 Å². The zero-order valence-electron chi connectivity index (χ0n) is 9.43. The predicted octanol–water partition coefficient (Wildman–Crippen LogP) is 3.27. The Morgan fingerprint density at radius 2 is 1.26 bits per heavy atom. The van der Waals surface area contributed by atoms with E-state index < -0.39 is 44.6 Å². The van der Waals surface area contributed by atoms with E-state index in [-0.39, 0.29) is 6.07 Å². The second kappa shape index (κ2) is 4.69. The number of benzene rings is 1. The van der Waals surface area contributed by atoms with Gasteiger partial charge in [-0.15, -0.1) is 0 Å². The Hall–Kier alpha value is -1.25. The zero-order valence-corrected chi connectivity index (χ0v) is 10.2. The third-order valence-electron chi connectivity index (χ3n) is 2.08. The van der Waals surface area contributed by atoms with Gasteiger partial charge in [-0.3, -0.25) is 0 Å². The van der Waals surface area contributed by atoms with Crippen LogP contribution in [0.5, 0.6) is 0 Å². The van der Waals surface area contributed by atoms with Crippen LogP contribution in [-0.4, -0.2) is 14.7 Å². The number of hydrogen-bond donors (Lipinski definition) is 0. The van der Waals surface area contributed by atoms with E-state index in [1.165, 1.54) is 0 Å². The van der Waals surface area contributed by atoms with Gasteiger partial charge in [-0.1, -0.05) is 0 Å². The molecular formula is C10H8F6O2S. The molecule has 0 N–H and O–H groups in total. The average molecular weight is 306 g/mol. The Labute approximate surface area is 105 Å². The Kier molecular flexibility index (Phi) is 3.91. The summed E-state index contributed by atoms with van der Waals surface area (Å²) in [6.45, 7) is 0. The summed E-state index contributed by atoms with van der Waals surface area (Å²) < 4.78 is 96.6. The smallest absolute Gasteiger partial charge is 0.229 e. The summed E-state index contributed by atoms with van der Waals surface area (Å²) in [5.41, 5.74) is -3.61. The Morgan fingerprint density at radius 3 is 1.53 bits per heavy atom. The van der Waals surface area contributed by atoms with Crippen molar-refractivity contribution in [3.05, 3.63) is 34.9 Å². The molecule has 0 aliphatic carbocycles. The van der Waals surface area contributed by atoms with Crippen molar-refractivity contribution >= 4 is 9.84 Å². The number of rotatable bonds is 2. The summed E-state index contributed by atoms with van der Waals surface area (Å²) in [6.07, 6.45) is -9.23. The maximum absolute atomic E-state index is 12.5. The SMILES string of the molecule is CS(=O)(=O)Cc1cc(C(F)(F)F)cc(C(F)(F)F)c1. The normalized spacial score (nSPS) is 13.6. The highest BCUT2D eigenvalue weighted by Crippen LogP contribution is 2.36. The average Bonchev–Trinajstić information content (AvgIpc) is 2.11. The van der Waals surface area contributed by atoms with E-state index in [9.17, 15) is 34.8 Å². The first kappa shape index (κ1) is 15.8. The molecule has 0 radical (unpaired) electrons. The first-order valence-corrected chi connectivity index (χ1v) is 6.81. The van der Waals surface area contributed by atoms with Gasteiger partial charge in [-0.25, -0.2) is 8.42 Å². The lowest BCUT2D eigenvalue weighted by Gasteiger charge is -2.13. The van der Waals surface area contributed by atoms with Gasteiger partial charge in [0.05, 0.1) is 16.9 Å². The summed E-state index contributed by atoms with van der Waals surface area (Å²) in [7, 11) is -3.74. The minimum Gasteiger partial charge on any atom is -0.229 e. The van der Waals surface area contributed by atoms with E-state index in [2.05, 4.69) is 0 Å². The quantitative estimate of drug-likeness (QED) is 0.786. The zero-order chi connectivity index (χ0) is 15.1. The third-order valence-corrected chi connectivity index (χ3v) is 2.93. The van der Waals surface area contributed by atoms with Gasteiger partial charge in [0.25, 0.3) is 0 Å². The number of alkyl halides is 6. The van der Waals surface area contributed by atoms with Crippen molar-refractivity contribution in [3.63, 3.8) is 0 Å². The van der Waals surface area contributed by atoms with Gasteiger partial charge < -0.3 is 0 Å². The summed E-state index contributed by atoms with van der Waals surface area (Å²) in [5.74, 6) is -0.889. The van der Waals surface area contributed by atoms with Gasteiger partial charge in [-0.05, 0) is 23.8 Å². The van der Waals surface area contributed by atoms with Crippen molar-refractivity contribution in [3.8, 4) is 0 Å². The topological polar surface area (TPSA) is 34.1 Å². The third kappa shape index (κ3) is 4.73. The minimum absolute atomic E-state index is 0.0498. The molecule has 1 aromatic rings. The minimum atomic E-state index is -4.98. The Bertz CT molecular complexity index is 538. The number of hydrogen-bond acceptors (Lipinski definition) is 2. The first-order chi connectivity index (χ1) is 8.29. The lowest BCUT2D eigenvalue weighted by molar-refractivity contribution is -0.143. The van der Waals surface area contributed by atoms with Crippen LogP contribution in [0.15, 0.2) is 18.2 Å². The van der Waals surface area contributed by atoms with Gasteiger partial charge in [-0.2, -0.15) is 26.3 Å². The summed E-state index contributed by atoms with van der Waals surface area (Å²) in [5, 5.41) is 0. The maximum atomic E-state index is 12.5. The molecule has 0 aliphatic rings. The van der Waals surface area contributed by atoms with Crippen molar-refractivity contribution < 1.29 is 34.8 Å². The van der Waals surface area contributed by atoms with E-state index >= 15 is 0 Å². The first-order valence-electron chi connectivity index (χ1n) is 4.75. The molecule has 0 fully saturated rings. The molecule has 19 heavy (non-hydrogen) atoms. The van der Waals surface area contributed by atoms with Crippen molar-refractivity contribution in [2.45, 2.75) is 18.1 Å². The molecule has 0 bridgehead atoms. The molecule has 9 heteroatoms. The van der Waals surface area contributed by atoms with Crippen molar-refractivity contribution in [1.29, 1.82) is 0 Å². The van der Waals surface area contributed by atoms with Crippen molar-refractivity contribution in [2.75, 3.05) is 6.26 Å². The van der Waals surface area contributed by atoms with E-state index in [0.29, 0.717) is 12.1 Å². The fourth-order valence-corrected chi connectivity index (χ4v) is 2.18. The standard InChI is InChI=1S/C10H8F6O2S/c1-19(17,18)5-6-2-7(9(11,12)13)4-8(3-6)10(14,15)16/h2-4H,5H2,1H3. The molecule has 1 rings (SSSR count). The van der Waals surface area contributed by atoms with E-state index in [1.807, 2.05) is 0 Å². The predicted molar refractivity (Wildman–Crippen MR) is 55.0 cm³/mol. The van der Waals surface area contributed by atoms with Crippen molar-refractivity contribution in [2.24, 2.45) is 0 Å². The Balaban J connectivity index is 3.41. The fraction of sp³-hybridized carbons (Fsp3) is 0.400. The lowest BCUT2D eigenvalue weighted by atomic mass is 10.1. The van der Waals surface area contributed by atoms with Crippen LogP contribution in [0.4, 0.5) is 26.3 Å². The molecule has 0 unspecified atom stereocenters. The van der Waals surface area contributed by atoms with Gasteiger partial charge in [0.15, 0.2) is 9.84 Å². The molecule has 0 heterocycles. The molecule has 0 saturated heterocycles. The summed E-state index contributed by atoms with van der Waals surface area (Å²) in [6, 6.07) is 0.748. The fourth-order valence-electron chi connectivity index (χ4n) is 1.41. The van der Waals surface area contributed by atoms with Crippen molar-refractivity contribution in [1.82, 2.24) is 0 Å².